The van der Waals surface area contributed by atoms with E-state index in [1.54, 1.807) is 13.2 Å². The molecule has 1 amide bonds. The zero-order valence-electron chi connectivity index (χ0n) is 19.2. The number of ether oxygens (including phenoxy) is 1. The lowest BCUT2D eigenvalue weighted by Gasteiger charge is -2.45. The number of hydrogen-bond acceptors (Lipinski definition) is 5. The lowest BCUT2D eigenvalue weighted by atomic mass is 9.83. The standard InChI is InChI=1S/C25H36N4O3/c1-32-17-7-16-29(18-19-8-6-15-28-14-5-4-11-22(19)28)24(30)13-12-23-26-21-10-3-2-9-20(21)25(31)27-23/h2-3,9-10,19,22H,4-8,11-18H2,1H3,(H,26,27,31)/t19-,22-/m1/s1. The normalized spacial score (nSPS) is 21.4. The first-order valence-electron chi connectivity index (χ1n) is 12.1. The molecule has 2 fully saturated rings. The first-order chi connectivity index (χ1) is 15.7. The minimum absolute atomic E-state index is 0.143. The third-order valence-electron chi connectivity index (χ3n) is 7.05. The van der Waals surface area contributed by atoms with Gasteiger partial charge in [0.15, 0.2) is 0 Å². The Kier molecular flexibility index (Phi) is 7.92. The molecule has 32 heavy (non-hydrogen) atoms. The van der Waals surface area contributed by atoms with E-state index in [1.807, 2.05) is 23.1 Å². The van der Waals surface area contributed by atoms with Crippen LogP contribution in [0.25, 0.3) is 10.9 Å². The van der Waals surface area contributed by atoms with E-state index in [4.69, 9.17) is 4.74 Å². The SMILES string of the molecule is COCCCN(C[C@H]1CCCN2CCCC[C@H]12)C(=O)CCc1nc2ccccc2c(=O)[nH]1. The molecule has 0 aliphatic carbocycles. The van der Waals surface area contributed by atoms with Gasteiger partial charge in [0.25, 0.3) is 5.56 Å². The summed E-state index contributed by atoms with van der Waals surface area (Å²) >= 11 is 0. The molecule has 7 heteroatoms. The number of aryl methyl sites for hydroxylation is 1. The van der Waals surface area contributed by atoms with Crippen molar-refractivity contribution in [1.82, 2.24) is 19.8 Å². The average molecular weight is 441 g/mol. The van der Waals surface area contributed by atoms with Crippen molar-refractivity contribution < 1.29 is 9.53 Å². The number of aromatic nitrogens is 2. The summed E-state index contributed by atoms with van der Waals surface area (Å²) in [4.78, 5) is 37.7. The Hall–Kier alpha value is -2.25. The third-order valence-corrected chi connectivity index (χ3v) is 7.05. The number of aromatic amines is 1. The van der Waals surface area contributed by atoms with Gasteiger partial charge in [-0.05, 0) is 63.2 Å². The van der Waals surface area contributed by atoms with Crippen LogP contribution in [0.5, 0.6) is 0 Å². The predicted octanol–water partition coefficient (Wildman–Crippen LogP) is 2.99. The Labute approximate surface area is 190 Å². The summed E-state index contributed by atoms with van der Waals surface area (Å²) < 4.78 is 5.24. The lowest BCUT2D eigenvalue weighted by molar-refractivity contribution is -0.132. The number of rotatable bonds is 9. The number of carbonyl (C=O) groups excluding carboxylic acids is 1. The van der Waals surface area contributed by atoms with E-state index < -0.39 is 0 Å². The van der Waals surface area contributed by atoms with Gasteiger partial charge in [-0.2, -0.15) is 0 Å². The fraction of sp³-hybridized carbons (Fsp3) is 0.640. The molecular weight excluding hydrogens is 404 g/mol. The number of piperidine rings is 2. The van der Waals surface area contributed by atoms with Crippen LogP contribution in [-0.4, -0.2) is 71.6 Å². The Bertz CT molecular complexity index is 958. The molecule has 1 aromatic carbocycles. The van der Waals surface area contributed by atoms with Crippen molar-refractivity contribution in [3.63, 3.8) is 0 Å². The summed E-state index contributed by atoms with van der Waals surface area (Å²) in [5.74, 6) is 1.27. The fourth-order valence-corrected chi connectivity index (χ4v) is 5.43. The van der Waals surface area contributed by atoms with Crippen molar-refractivity contribution in [1.29, 1.82) is 0 Å². The van der Waals surface area contributed by atoms with Crippen LogP contribution in [-0.2, 0) is 16.0 Å². The van der Waals surface area contributed by atoms with E-state index in [2.05, 4.69) is 14.9 Å². The van der Waals surface area contributed by atoms with Gasteiger partial charge in [-0.1, -0.05) is 18.6 Å². The monoisotopic (exact) mass is 440 g/mol. The molecule has 7 nitrogen and oxygen atoms in total. The number of nitrogens with zero attached hydrogens (tertiary/aromatic N) is 3. The molecule has 3 heterocycles. The van der Waals surface area contributed by atoms with Gasteiger partial charge >= 0.3 is 0 Å². The van der Waals surface area contributed by atoms with Gasteiger partial charge in [0.1, 0.15) is 5.82 Å². The van der Waals surface area contributed by atoms with Crippen molar-refractivity contribution in [3.8, 4) is 0 Å². The Morgan fingerprint density at radius 2 is 2.06 bits per heavy atom. The smallest absolute Gasteiger partial charge is 0.258 e. The van der Waals surface area contributed by atoms with Crippen LogP contribution in [0, 0.1) is 5.92 Å². The summed E-state index contributed by atoms with van der Waals surface area (Å²) in [5.41, 5.74) is 0.532. The van der Waals surface area contributed by atoms with Crippen LogP contribution < -0.4 is 5.56 Å². The second kappa shape index (κ2) is 11.1. The van der Waals surface area contributed by atoms with Crippen LogP contribution >= 0.6 is 0 Å². The summed E-state index contributed by atoms with van der Waals surface area (Å²) in [6.07, 6.45) is 7.93. The highest BCUT2D eigenvalue weighted by molar-refractivity contribution is 5.78. The van der Waals surface area contributed by atoms with Crippen LogP contribution in [0.15, 0.2) is 29.1 Å². The number of benzene rings is 1. The molecule has 174 valence electrons. The number of para-hydroxylation sites is 1. The molecule has 0 radical (unpaired) electrons. The largest absolute Gasteiger partial charge is 0.385 e. The van der Waals surface area contributed by atoms with Gasteiger partial charge in [-0.3, -0.25) is 9.59 Å². The summed E-state index contributed by atoms with van der Waals surface area (Å²) in [5, 5.41) is 0.582. The molecule has 2 aromatic rings. The number of carbonyl (C=O) groups is 1. The number of fused-ring (bicyclic) bond motifs is 2. The van der Waals surface area contributed by atoms with E-state index in [9.17, 15) is 9.59 Å². The van der Waals surface area contributed by atoms with E-state index in [-0.39, 0.29) is 11.5 Å². The van der Waals surface area contributed by atoms with Gasteiger partial charge in [0.2, 0.25) is 5.91 Å². The average Bonchev–Trinajstić information content (AvgIpc) is 2.82. The van der Waals surface area contributed by atoms with Crippen LogP contribution in [0.2, 0.25) is 0 Å². The lowest BCUT2D eigenvalue weighted by Crippen LogP contribution is -2.51. The molecule has 0 saturated carbocycles. The molecule has 2 aliphatic heterocycles. The Balaban J connectivity index is 1.41. The molecule has 1 N–H and O–H groups in total. The number of methoxy groups -OCH3 is 1. The predicted molar refractivity (Wildman–Crippen MR) is 126 cm³/mol. The zero-order valence-corrected chi connectivity index (χ0v) is 19.2. The first kappa shape index (κ1) is 22.9. The summed E-state index contributed by atoms with van der Waals surface area (Å²) in [6, 6.07) is 7.94. The van der Waals surface area contributed by atoms with Gasteiger partial charge in [0.05, 0.1) is 10.9 Å². The highest BCUT2D eigenvalue weighted by atomic mass is 16.5. The van der Waals surface area contributed by atoms with Crippen LogP contribution in [0.3, 0.4) is 0 Å². The molecule has 2 saturated heterocycles. The second-order valence-corrected chi connectivity index (χ2v) is 9.22. The van der Waals surface area contributed by atoms with Crippen molar-refractivity contribution in [3.05, 3.63) is 40.4 Å². The van der Waals surface area contributed by atoms with Crippen molar-refractivity contribution >= 4 is 16.8 Å². The van der Waals surface area contributed by atoms with Crippen molar-refractivity contribution in [2.45, 2.75) is 57.4 Å². The summed E-state index contributed by atoms with van der Waals surface area (Å²) in [6.45, 7) is 4.62. The number of nitrogens with one attached hydrogen (secondary N) is 1. The van der Waals surface area contributed by atoms with E-state index in [0.717, 1.165) is 19.5 Å². The highest BCUT2D eigenvalue weighted by Crippen LogP contribution is 2.31. The van der Waals surface area contributed by atoms with E-state index >= 15 is 0 Å². The Morgan fingerprint density at radius 3 is 2.94 bits per heavy atom. The van der Waals surface area contributed by atoms with Gasteiger partial charge < -0.3 is 19.5 Å². The van der Waals surface area contributed by atoms with Gasteiger partial charge in [-0.25, -0.2) is 4.98 Å². The molecule has 2 aliphatic rings. The van der Waals surface area contributed by atoms with Crippen LogP contribution in [0.1, 0.15) is 50.8 Å². The maximum Gasteiger partial charge on any atom is 0.258 e. The minimum Gasteiger partial charge on any atom is -0.385 e. The summed E-state index contributed by atoms with van der Waals surface area (Å²) in [7, 11) is 1.70. The maximum atomic E-state index is 13.2. The van der Waals surface area contributed by atoms with Crippen LogP contribution in [0.4, 0.5) is 0 Å². The number of amides is 1. The molecule has 1 aromatic heterocycles. The number of hydrogen-bond donors (Lipinski definition) is 1. The second-order valence-electron chi connectivity index (χ2n) is 9.22. The van der Waals surface area contributed by atoms with Crippen molar-refractivity contribution in [2.75, 3.05) is 39.9 Å². The molecule has 0 unspecified atom stereocenters. The maximum absolute atomic E-state index is 13.2. The minimum atomic E-state index is -0.144. The van der Waals surface area contributed by atoms with E-state index in [1.165, 1.54) is 45.2 Å². The highest BCUT2D eigenvalue weighted by Gasteiger charge is 2.34. The number of H-pyrrole nitrogens is 1. The quantitative estimate of drug-likeness (QED) is 0.607. The van der Waals surface area contributed by atoms with E-state index in [0.29, 0.717) is 48.1 Å². The van der Waals surface area contributed by atoms with Gasteiger partial charge in [-0.15, -0.1) is 0 Å². The third kappa shape index (κ3) is 5.56. The molecule has 2 atom stereocenters. The topological polar surface area (TPSA) is 78.5 Å². The Morgan fingerprint density at radius 1 is 1.22 bits per heavy atom. The van der Waals surface area contributed by atoms with Gasteiger partial charge in [0, 0.05) is 45.7 Å². The zero-order chi connectivity index (χ0) is 22.3. The molecule has 0 spiro atoms. The molecule has 0 bridgehead atoms. The molecular formula is C25H36N4O3. The van der Waals surface area contributed by atoms with Crippen molar-refractivity contribution in [2.24, 2.45) is 5.92 Å². The first-order valence-corrected chi connectivity index (χ1v) is 12.1. The molecule has 4 rings (SSSR count). The fourth-order valence-electron chi connectivity index (χ4n) is 5.43.